The van der Waals surface area contributed by atoms with E-state index in [0.29, 0.717) is 35.8 Å². The van der Waals surface area contributed by atoms with Gasteiger partial charge < -0.3 is 25.8 Å². The molecule has 0 saturated heterocycles. The molecule has 0 aromatic heterocycles. The molecule has 1 aliphatic heterocycles. The van der Waals surface area contributed by atoms with E-state index in [-0.39, 0.29) is 10.8 Å². The summed E-state index contributed by atoms with van der Waals surface area (Å²) < 4.78 is 10.9. The minimum Gasteiger partial charge on any atom is -0.462 e. The summed E-state index contributed by atoms with van der Waals surface area (Å²) in [6, 6.07) is 2.77. The lowest BCUT2D eigenvalue weighted by Crippen LogP contribution is -2.46. The molecule has 2 aliphatic rings. The highest BCUT2D eigenvalue weighted by molar-refractivity contribution is 6.32. The minimum atomic E-state index is -0.796. The molecule has 0 spiro atoms. The highest BCUT2D eigenvalue weighted by Crippen LogP contribution is 2.34. The van der Waals surface area contributed by atoms with Gasteiger partial charge in [-0.15, -0.1) is 0 Å². The van der Waals surface area contributed by atoms with Crippen molar-refractivity contribution in [1.29, 1.82) is 0 Å². The second kappa shape index (κ2) is 10.8. The molecule has 1 saturated carbocycles. The van der Waals surface area contributed by atoms with Gasteiger partial charge in [-0.3, -0.25) is 0 Å². The van der Waals surface area contributed by atoms with E-state index in [9.17, 15) is 14.4 Å². The van der Waals surface area contributed by atoms with Crippen LogP contribution in [-0.2, 0) is 14.3 Å². The first-order chi connectivity index (χ1) is 15.3. The highest BCUT2D eigenvalue weighted by Gasteiger charge is 2.34. The summed E-state index contributed by atoms with van der Waals surface area (Å²) in [7, 11) is 0. The van der Waals surface area contributed by atoms with Gasteiger partial charge in [-0.2, -0.15) is 0 Å². The third-order valence-corrected chi connectivity index (χ3v) is 6.07. The van der Waals surface area contributed by atoms with Gasteiger partial charge in [0.25, 0.3) is 0 Å². The van der Waals surface area contributed by atoms with E-state index >= 15 is 0 Å². The minimum absolute atomic E-state index is 0.152. The van der Waals surface area contributed by atoms with Crippen molar-refractivity contribution in [3.63, 3.8) is 0 Å². The van der Waals surface area contributed by atoms with Crippen LogP contribution in [-0.4, -0.2) is 30.6 Å². The van der Waals surface area contributed by atoms with Gasteiger partial charge in [0.15, 0.2) is 0 Å². The lowest BCUT2D eigenvalue weighted by Gasteiger charge is -2.30. The molecule has 3 rings (SSSR count). The molecule has 0 unspecified atom stereocenters. The number of allylic oxidation sites excluding steroid dienone is 1. The van der Waals surface area contributed by atoms with Gasteiger partial charge in [-0.25, -0.2) is 14.4 Å². The van der Waals surface area contributed by atoms with Crippen LogP contribution in [0.2, 0.25) is 5.02 Å². The van der Waals surface area contributed by atoms with Crippen LogP contribution in [0.3, 0.4) is 0 Å². The monoisotopic (exact) mass is 463 g/mol. The maximum atomic E-state index is 13.1. The standard InChI is InChI=1S/C23H30ClN3O5/c1-3-17-19(22(29)31-12-14-7-5-4-6-8-14)20(27-23(30)26-17)15-9-10-18(16(24)11-15)32-21(28)13(2)25/h9-11,13-14,20H,3-8,12,25H2,1-2H3,(H2,26,27,30)/t13-,20-/m0/s1. The van der Waals surface area contributed by atoms with Crippen LogP contribution in [0.15, 0.2) is 29.5 Å². The summed E-state index contributed by atoms with van der Waals surface area (Å²) in [6.07, 6.45) is 6.11. The van der Waals surface area contributed by atoms with Crippen LogP contribution >= 0.6 is 11.6 Å². The summed E-state index contributed by atoms with van der Waals surface area (Å²) in [5.41, 5.74) is 6.96. The average Bonchev–Trinajstić information content (AvgIpc) is 2.78. The zero-order valence-electron chi connectivity index (χ0n) is 18.4. The SMILES string of the molecule is CCC1=C(C(=O)OCC2CCCCC2)[C@H](c2ccc(OC(=O)[C@H](C)N)c(Cl)c2)NC(=O)N1. The Kier molecular flexibility index (Phi) is 8.15. The number of nitrogens with two attached hydrogens (primary N) is 1. The fourth-order valence-corrected chi connectivity index (χ4v) is 4.22. The van der Waals surface area contributed by atoms with Crippen molar-refractivity contribution in [2.24, 2.45) is 11.7 Å². The van der Waals surface area contributed by atoms with E-state index in [1.165, 1.54) is 19.4 Å². The molecule has 4 N–H and O–H groups in total. The van der Waals surface area contributed by atoms with E-state index in [2.05, 4.69) is 10.6 Å². The summed E-state index contributed by atoms with van der Waals surface area (Å²) in [5.74, 6) is -0.557. The molecule has 2 amide bonds. The Bertz CT molecular complexity index is 909. The van der Waals surface area contributed by atoms with Gasteiger partial charge in [0.2, 0.25) is 0 Å². The predicted molar refractivity (Wildman–Crippen MR) is 120 cm³/mol. The first-order valence-corrected chi connectivity index (χ1v) is 11.4. The topological polar surface area (TPSA) is 120 Å². The second-order valence-corrected chi connectivity index (χ2v) is 8.69. The normalized spacial score (nSPS) is 20.2. The molecule has 0 radical (unpaired) electrons. The van der Waals surface area contributed by atoms with Gasteiger partial charge in [-0.05, 0) is 49.8 Å². The number of carbonyl (C=O) groups excluding carboxylic acids is 3. The number of benzene rings is 1. The van der Waals surface area contributed by atoms with Crippen LogP contribution < -0.4 is 21.1 Å². The number of hydrogen-bond donors (Lipinski definition) is 3. The smallest absolute Gasteiger partial charge is 0.338 e. The number of amides is 2. The predicted octanol–water partition coefficient (Wildman–Crippen LogP) is 3.73. The Labute approximate surface area is 192 Å². The van der Waals surface area contributed by atoms with Crippen molar-refractivity contribution in [2.75, 3.05) is 6.61 Å². The molecule has 1 fully saturated rings. The fraction of sp³-hybridized carbons (Fsp3) is 0.522. The summed E-state index contributed by atoms with van der Waals surface area (Å²) in [6.45, 7) is 3.74. The van der Waals surface area contributed by atoms with Crippen LogP contribution in [0.1, 0.15) is 64.0 Å². The molecule has 174 valence electrons. The van der Waals surface area contributed by atoms with Crippen LogP contribution in [0.5, 0.6) is 5.75 Å². The van der Waals surface area contributed by atoms with E-state index in [4.69, 9.17) is 26.8 Å². The van der Waals surface area contributed by atoms with Crippen molar-refractivity contribution in [1.82, 2.24) is 10.6 Å². The molecule has 32 heavy (non-hydrogen) atoms. The molecule has 1 aromatic rings. The quantitative estimate of drug-likeness (QED) is 0.418. The number of carbonyl (C=O) groups is 3. The zero-order chi connectivity index (χ0) is 23.3. The molecular weight excluding hydrogens is 434 g/mol. The van der Waals surface area contributed by atoms with Crippen LogP contribution in [0.4, 0.5) is 4.79 Å². The fourth-order valence-electron chi connectivity index (χ4n) is 3.99. The Balaban J connectivity index is 1.83. The largest absolute Gasteiger partial charge is 0.462 e. The van der Waals surface area contributed by atoms with E-state index in [0.717, 1.165) is 25.7 Å². The van der Waals surface area contributed by atoms with Crippen molar-refractivity contribution in [3.05, 3.63) is 40.1 Å². The van der Waals surface area contributed by atoms with Gasteiger partial charge in [0, 0.05) is 5.70 Å². The molecule has 8 nitrogen and oxygen atoms in total. The zero-order valence-corrected chi connectivity index (χ0v) is 19.2. The number of ether oxygens (including phenoxy) is 2. The van der Waals surface area contributed by atoms with Crippen LogP contribution in [0, 0.1) is 5.92 Å². The molecular formula is C23H30ClN3O5. The summed E-state index contributed by atoms with van der Waals surface area (Å²) >= 11 is 6.32. The average molecular weight is 464 g/mol. The van der Waals surface area contributed by atoms with Crippen molar-refractivity contribution in [2.45, 2.75) is 64.5 Å². The number of hydrogen-bond acceptors (Lipinski definition) is 6. The van der Waals surface area contributed by atoms with Crippen molar-refractivity contribution < 1.29 is 23.9 Å². The van der Waals surface area contributed by atoms with E-state index in [1.807, 2.05) is 6.92 Å². The summed E-state index contributed by atoms with van der Waals surface area (Å²) in [4.78, 5) is 37.1. The number of rotatable bonds is 7. The van der Waals surface area contributed by atoms with Crippen molar-refractivity contribution >= 4 is 29.6 Å². The highest BCUT2D eigenvalue weighted by atomic mass is 35.5. The Hall–Kier alpha value is -2.58. The van der Waals surface area contributed by atoms with Gasteiger partial charge in [0.1, 0.15) is 11.8 Å². The molecule has 0 bridgehead atoms. The maximum Gasteiger partial charge on any atom is 0.338 e. The molecule has 1 aliphatic carbocycles. The van der Waals surface area contributed by atoms with E-state index in [1.54, 1.807) is 12.1 Å². The van der Waals surface area contributed by atoms with E-state index < -0.39 is 30.1 Å². The van der Waals surface area contributed by atoms with Crippen molar-refractivity contribution in [3.8, 4) is 5.75 Å². The van der Waals surface area contributed by atoms with Crippen LogP contribution in [0.25, 0.3) is 0 Å². The number of nitrogens with one attached hydrogen (secondary N) is 2. The van der Waals surface area contributed by atoms with Gasteiger partial charge in [-0.1, -0.05) is 43.9 Å². The molecule has 2 atom stereocenters. The third kappa shape index (κ3) is 5.81. The Morgan fingerprint density at radius 3 is 2.59 bits per heavy atom. The third-order valence-electron chi connectivity index (χ3n) is 5.77. The second-order valence-electron chi connectivity index (χ2n) is 8.28. The Morgan fingerprint density at radius 1 is 1.25 bits per heavy atom. The lowest BCUT2D eigenvalue weighted by atomic mass is 9.90. The summed E-state index contributed by atoms with van der Waals surface area (Å²) in [5, 5.41) is 5.65. The number of urea groups is 1. The number of halogens is 1. The van der Waals surface area contributed by atoms with Gasteiger partial charge in [0.05, 0.1) is 23.2 Å². The van der Waals surface area contributed by atoms with Gasteiger partial charge >= 0.3 is 18.0 Å². The molecule has 1 aromatic carbocycles. The molecule has 1 heterocycles. The number of esters is 2. The molecule has 9 heteroatoms. The first-order valence-electron chi connectivity index (χ1n) is 11.0. The Morgan fingerprint density at radius 2 is 1.97 bits per heavy atom. The maximum absolute atomic E-state index is 13.1. The lowest BCUT2D eigenvalue weighted by molar-refractivity contribution is -0.141. The first kappa shape index (κ1) is 24.1.